The van der Waals surface area contributed by atoms with Gasteiger partial charge in [-0.15, -0.1) is 0 Å². The summed E-state index contributed by atoms with van der Waals surface area (Å²) < 4.78 is 10.7. The predicted molar refractivity (Wildman–Crippen MR) is 83.4 cm³/mol. The molecule has 1 heterocycles. The summed E-state index contributed by atoms with van der Waals surface area (Å²) in [5, 5.41) is 4.36. The van der Waals surface area contributed by atoms with Crippen LogP contribution in [0.25, 0.3) is 0 Å². The standard InChI is InChI=1S/C17H16ClNO2/c18-13-3-1-11(2-4-13)12-7-15(8-12)19-14-5-6-16-17(9-14)21-10-20-16/h1-6,9,12,15,19H,7-8,10H2. The van der Waals surface area contributed by atoms with Gasteiger partial charge in [-0.2, -0.15) is 0 Å². The zero-order chi connectivity index (χ0) is 14.2. The Hall–Kier alpha value is -1.87. The maximum absolute atomic E-state index is 5.93. The molecule has 21 heavy (non-hydrogen) atoms. The van der Waals surface area contributed by atoms with Gasteiger partial charge in [-0.1, -0.05) is 23.7 Å². The number of fused-ring (bicyclic) bond motifs is 1. The molecule has 4 heteroatoms. The fraction of sp³-hybridized carbons (Fsp3) is 0.294. The second-order valence-electron chi connectivity index (χ2n) is 5.63. The van der Waals surface area contributed by atoms with E-state index < -0.39 is 0 Å². The maximum atomic E-state index is 5.93. The minimum Gasteiger partial charge on any atom is -0.454 e. The van der Waals surface area contributed by atoms with Crippen LogP contribution < -0.4 is 14.8 Å². The minimum atomic E-state index is 0.320. The van der Waals surface area contributed by atoms with Crippen LogP contribution in [0.2, 0.25) is 5.02 Å². The van der Waals surface area contributed by atoms with Crippen LogP contribution in [0.3, 0.4) is 0 Å². The average molecular weight is 302 g/mol. The van der Waals surface area contributed by atoms with Crippen LogP contribution in [0.5, 0.6) is 11.5 Å². The molecule has 1 aliphatic heterocycles. The lowest BCUT2D eigenvalue weighted by Gasteiger charge is -2.37. The molecule has 1 saturated carbocycles. The number of halogens is 1. The molecule has 1 N–H and O–H groups in total. The zero-order valence-corrected chi connectivity index (χ0v) is 12.3. The van der Waals surface area contributed by atoms with Crippen molar-refractivity contribution in [2.45, 2.75) is 24.8 Å². The molecule has 2 aromatic carbocycles. The number of anilines is 1. The van der Waals surface area contributed by atoms with E-state index in [1.54, 1.807) is 0 Å². The van der Waals surface area contributed by atoms with Gasteiger partial charge in [0.1, 0.15) is 0 Å². The molecule has 0 spiro atoms. The lowest BCUT2D eigenvalue weighted by atomic mass is 9.76. The van der Waals surface area contributed by atoms with E-state index in [0.717, 1.165) is 35.1 Å². The van der Waals surface area contributed by atoms with Gasteiger partial charge in [-0.05, 0) is 48.6 Å². The molecule has 2 aliphatic rings. The largest absolute Gasteiger partial charge is 0.454 e. The molecular weight excluding hydrogens is 286 g/mol. The van der Waals surface area contributed by atoms with Crippen molar-refractivity contribution in [1.82, 2.24) is 0 Å². The molecule has 1 fully saturated rings. The van der Waals surface area contributed by atoms with Gasteiger partial charge in [-0.3, -0.25) is 0 Å². The maximum Gasteiger partial charge on any atom is 0.231 e. The predicted octanol–water partition coefficient (Wildman–Crippen LogP) is 4.43. The van der Waals surface area contributed by atoms with Crippen LogP contribution in [0.1, 0.15) is 24.3 Å². The third-order valence-corrected chi connectivity index (χ3v) is 4.47. The lowest BCUT2D eigenvalue weighted by molar-refractivity contribution is 0.174. The highest BCUT2D eigenvalue weighted by Crippen LogP contribution is 2.40. The molecule has 0 bridgehead atoms. The van der Waals surface area contributed by atoms with Crippen molar-refractivity contribution >= 4 is 17.3 Å². The Labute approximate surface area is 128 Å². The Morgan fingerprint density at radius 1 is 0.952 bits per heavy atom. The topological polar surface area (TPSA) is 30.5 Å². The first-order valence-electron chi connectivity index (χ1n) is 7.19. The van der Waals surface area contributed by atoms with E-state index >= 15 is 0 Å². The number of rotatable bonds is 3. The summed E-state index contributed by atoms with van der Waals surface area (Å²) in [5.41, 5.74) is 2.47. The van der Waals surface area contributed by atoms with E-state index in [1.165, 1.54) is 5.56 Å². The van der Waals surface area contributed by atoms with E-state index in [9.17, 15) is 0 Å². The first-order valence-corrected chi connectivity index (χ1v) is 7.57. The number of nitrogens with one attached hydrogen (secondary N) is 1. The quantitative estimate of drug-likeness (QED) is 0.910. The van der Waals surface area contributed by atoms with E-state index in [-0.39, 0.29) is 0 Å². The number of hydrogen-bond donors (Lipinski definition) is 1. The third kappa shape index (κ3) is 2.54. The van der Waals surface area contributed by atoms with Crippen LogP contribution in [-0.4, -0.2) is 12.8 Å². The van der Waals surface area contributed by atoms with E-state index in [0.29, 0.717) is 18.8 Å². The second kappa shape index (κ2) is 5.15. The summed E-state index contributed by atoms with van der Waals surface area (Å²) in [4.78, 5) is 0. The van der Waals surface area contributed by atoms with Gasteiger partial charge in [-0.25, -0.2) is 0 Å². The molecule has 0 saturated heterocycles. The summed E-state index contributed by atoms with van der Waals surface area (Å²) in [5.74, 6) is 2.29. The molecule has 0 amide bonds. The van der Waals surface area contributed by atoms with Crippen molar-refractivity contribution in [3.8, 4) is 11.5 Å². The van der Waals surface area contributed by atoms with Crippen molar-refractivity contribution in [3.63, 3.8) is 0 Å². The Kier molecular flexibility index (Phi) is 3.15. The van der Waals surface area contributed by atoms with E-state index in [1.807, 2.05) is 30.3 Å². The highest BCUT2D eigenvalue weighted by atomic mass is 35.5. The summed E-state index contributed by atoms with van der Waals surface area (Å²) in [6.07, 6.45) is 2.30. The molecule has 4 rings (SSSR count). The van der Waals surface area contributed by atoms with Crippen LogP contribution in [0.4, 0.5) is 5.69 Å². The smallest absolute Gasteiger partial charge is 0.231 e. The van der Waals surface area contributed by atoms with E-state index in [2.05, 4.69) is 17.4 Å². The van der Waals surface area contributed by atoms with Gasteiger partial charge in [0.2, 0.25) is 6.79 Å². The van der Waals surface area contributed by atoms with Gasteiger partial charge in [0.15, 0.2) is 11.5 Å². The Morgan fingerprint density at radius 2 is 1.71 bits per heavy atom. The molecule has 0 aromatic heterocycles. The van der Waals surface area contributed by atoms with Crippen LogP contribution in [0.15, 0.2) is 42.5 Å². The molecule has 2 aromatic rings. The number of ether oxygens (including phenoxy) is 2. The molecule has 0 radical (unpaired) electrons. The van der Waals surface area contributed by atoms with E-state index in [4.69, 9.17) is 21.1 Å². The molecule has 3 nitrogen and oxygen atoms in total. The van der Waals surface area contributed by atoms with Crippen molar-refractivity contribution in [1.29, 1.82) is 0 Å². The first kappa shape index (κ1) is 12.8. The van der Waals surface area contributed by atoms with Crippen LogP contribution >= 0.6 is 11.6 Å². The SMILES string of the molecule is Clc1ccc(C2CC(Nc3ccc4c(c3)OCO4)C2)cc1. The van der Waals surface area contributed by atoms with Crippen molar-refractivity contribution in [2.75, 3.05) is 12.1 Å². The summed E-state index contributed by atoms with van der Waals surface area (Å²) in [6.45, 7) is 0.320. The Balaban J connectivity index is 1.37. The highest BCUT2D eigenvalue weighted by Gasteiger charge is 2.30. The summed E-state index contributed by atoms with van der Waals surface area (Å²) in [6, 6.07) is 14.7. The molecule has 0 unspecified atom stereocenters. The fourth-order valence-corrected chi connectivity index (χ4v) is 3.09. The lowest BCUT2D eigenvalue weighted by Crippen LogP contribution is -2.33. The summed E-state index contributed by atoms with van der Waals surface area (Å²) in [7, 11) is 0. The monoisotopic (exact) mass is 301 g/mol. The summed E-state index contributed by atoms with van der Waals surface area (Å²) >= 11 is 5.93. The molecule has 1 aliphatic carbocycles. The van der Waals surface area contributed by atoms with Gasteiger partial charge in [0.05, 0.1) is 0 Å². The van der Waals surface area contributed by atoms with Crippen LogP contribution in [0, 0.1) is 0 Å². The average Bonchev–Trinajstić information content (AvgIpc) is 2.91. The normalized spacial score (nSPS) is 22.7. The van der Waals surface area contributed by atoms with Gasteiger partial charge in [0, 0.05) is 22.8 Å². The van der Waals surface area contributed by atoms with Gasteiger partial charge in [0.25, 0.3) is 0 Å². The van der Waals surface area contributed by atoms with Crippen molar-refractivity contribution < 1.29 is 9.47 Å². The number of benzene rings is 2. The molecule has 0 atom stereocenters. The van der Waals surface area contributed by atoms with Crippen molar-refractivity contribution in [2.24, 2.45) is 0 Å². The van der Waals surface area contributed by atoms with Gasteiger partial charge < -0.3 is 14.8 Å². The Morgan fingerprint density at radius 3 is 2.52 bits per heavy atom. The molecular formula is C17H16ClNO2. The van der Waals surface area contributed by atoms with Crippen molar-refractivity contribution in [3.05, 3.63) is 53.1 Å². The van der Waals surface area contributed by atoms with Crippen LogP contribution in [-0.2, 0) is 0 Å². The third-order valence-electron chi connectivity index (χ3n) is 4.22. The number of hydrogen-bond acceptors (Lipinski definition) is 3. The second-order valence-corrected chi connectivity index (χ2v) is 6.07. The van der Waals surface area contributed by atoms with Gasteiger partial charge >= 0.3 is 0 Å². The Bertz CT molecular complexity index is 650. The fourth-order valence-electron chi connectivity index (χ4n) is 2.96. The molecule has 108 valence electrons. The zero-order valence-electron chi connectivity index (χ0n) is 11.5. The minimum absolute atomic E-state index is 0.320. The first-order chi connectivity index (χ1) is 10.3. The highest BCUT2D eigenvalue weighted by molar-refractivity contribution is 6.30.